The molecule has 0 bridgehead atoms. The van der Waals surface area contributed by atoms with Gasteiger partial charge in [-0.3, -0.25) is 4.79 Å². The molecule has 0 N–H and O–H groups in total. The van der Waals surface area contributed by atoms with Crippen molar-refractivity contribution in [2.24, 2.45) is 0 Å². The molecule has 0 aliphatic carbocycles. The summed E-state index contributed by atoms with van der Waals surface area (Å²) in [6.45, 7) is 0.597. The minimum absolute atomic E-state index is 0.187. The van der Waals surface area contributed by atoms with Gasteiger partial charge in [-0.15, -0.1) is 0 Å². The molecule has 158 valence electrons. The van der Waals surface area contributed by atoms with E-state index in [2.05, 4.69) is 15.1 Å². The minimum Gasteiger partial charge on any atom is -0.497 e. The Kier molecular flexibility index (Phi) is 5.17. The topological polar surface area (TPSA) is 74.8 Å². The number of aromatic nitrogens is 5. The maximum atomic E-state index is 13.4. The SMILES string of the molecule is COc1ccc2c(c1)c(C(=O)c1ccn(-c3ncccn3)n1)cn2Cc1ccc(Cl)cc1. The van der Waals surface area contributed by atoms with Gasteiger partial charge in [0.2, 0.25) is 11.7 Å². The van der Waals surface area contributed by atoms with Gasteiger partial charge >= 0.3 is 0 Å². The van der Waals surface area contributed by atoms with Crippen molar-refractivity contribution in [3.8, 4) is 11.7 Å². The van der Waals surface area contributed by atoms with Crippen molar-refractivity contribution in [2.45, 2.75) is 6.54 Å². The summed E-state index contributed by atoms with van der Waals surface area (Å²) in [5.74, 6) is 0.894. The number of carbonyl (C=O) groups excluding carboxylic acids is 1. The first-order chi connectivity index (χ1) is 15.6. The van der Waals surface area contributed by atoms with Gasteiger partial charge in [0.1, 0.15) is 11.4 Å². The molecule has 0 saturated heterocycles. The highest BCUT2D eigenvalue weighted by Gasteiger charge is 2.20. The number of fused-ring (bicyclic) bond motifs is 1. The number of ketones is 1. The molecule has 0 radical (unpaired) electrons. The van der Waals surface area contributed by atoms with Crippen LogP contribution in [0.1, 0.15) is 21.6 Å². The zero-order valence-corrected chi connectivity index (χ0v) is 17.9. The Bertz CT molecular complexity index is 1410. The lowest BCUT2D eigenvalue weighted by atomic mass is 10.1. The van der Waals surface area contributed by atoms with Crippen molar-refractivity contribution < 1.29 is 9.53 Å². The Balaban J connectivity index is 1.56. The van der Waals surface area contributed by atoms with Gasteiger partial charge < -0.3 is 9.30 Å². The van der Waals surface area contributed by atoms with Gasteiger partial charge in [0.25, 0.3) is 0 Å². The maximum Gasteiger partial charge on any atom is 0.250 e. The summed E-state index contributed by atoms with van der Waals surface area (Å²) in [6.07, 6.45) is 6.79. The molecule has 0 saturated carbocycles. The van der Waals surface area contributed by atoms with Crippen LogP contribution in [0.4, 0.5) is 0 Å². The first-order valence-electron chi connectivity index (χ1n) is 9.91. The minimum atomic E-state index is -0.187. The zero-order chi connectivity index (χ0) is 22.1. The Hall–Kier alpha value is -3.97. The predicted octanol–water partition coefficient (Wildman–Crippen LogP) is 4.56. The Morgan fingerprint density at radius 1 is 1.06 bits per heavy atom. The number of ether oxygens (including phenoxy) is 1. The predicted molar refractivity (Wildman–Crippen MR) is 122 cm³/mol. The van der Waals surface area contributed by atoms with Crippen LogP contribution >= 0.6 is 11.6 Å². The second-order valence-electron chi connectivity index (χ2n) is 7.20. The van der Waals surface area contributed by atoms with Crippen LogP contribution in [0.25, 0.3) is 16.9 Å². The lowest BCUT2D eigenvalue weighted by Crippen LogP contribution is -2.06. The third-order valence-corrected chi connectivity index (χ3v) is 5.43. The number of nitrogens with zero attached hydrogens (tertiary/aromatic N) is 5. The molecule has 7 nitrogen and oxygen atoms in total. The van der Waals surface area contributed by atoms with Crippen LogP contribution in [0.15, 0.2) is 79.4 Å². The van der Waals surface area contributed by atoms with E-state index in [4.69, 9.17) is 16.3 Å². The number of benzene rings is 2. The largest absolute Gasteiger partial charge is 0.497 e. The first-order valence-corrected chi connectivity index (χ1v) is 10.3. The molecule has 0 fully saturated rings. The third-order valence-electron chi connectivity index (χ3n) is 5.18. The van der Waals surface area contributed by atoms with E-state index in [0.717, 1.165) is 16.5 Å². The van der Waals surface area contributed by atoms with Crippen molar-refractivity contribution in [2.75, 3.05) is 7.11 Å². The number of rotatable bonds is 6. The molecule has 0 aliphatic heterocycles. The van der Waals surface area contributed by atoms with E-state index in [0.29, 0.717) is 34.5 Å². The van der Waals surface area contributed by atoms with Gasteiger partial charge in [0.15, 0.2) is 0 Å². The average molecular weight is 444 g/mol. The van der Waals surface area contributed by atoms with Crippen molar-refractivity contribution in [1.29, 1.82) is 0 Å². The highest BCUT2D eigenvalue weighted by Crippen LogP contribution is 2.28. The van der Waals surface area contributed by atoms with Crippen LogP contribution in [-0.2, 0) is 6.54 Å². The lowest BCUT2D eigenvalue weighted by Gasteiger charge is -2.06. The molecule has 8 heteroatoms. The zero-order valence-electron chi connectivity index (χ0n) is 17.1. The number of halogens is 1. The number of carbonyl (C=O) groups is 1. The summed E-state index contributed by atoms with van der Waals surface area (Å²) in [5, 5.41) is 5.88. The Morgan fingerprint density at radius 2 is 1.84 bits per heavy atom. The molecule has 5 rings (SSSR count). The van der Waals surface area contributed by atoms with E-state index in [1.165, 1.54) is 4.68 Å². The third kappa shape index (κ3) is 3.74. The summed E-state index contributed by atoms with van der Waals surface area (Å²) in [5.41, 5.74) is 2.86. The highest BCUT2D eigenvalue weighted by molar-refractivity contribution is 6.30. The lowest BCUT2D eigenvalue weighted by molar-refractivity contribution is 0.103. The molecule has 32 heavy (non-hydrogen) atoms. The smallest absolute Gasteiger partial charge is 0.250 e. The van der Waals surface area contributed by atoms with Gasteiger partial charge in [0.05, 0.1) is 7.11 Å². The molecule has 0 amide bonds. The molecule has 3 heterocycles. The summed E-state index contributed by atoms with van der Waals surface area (Å²) in [4.78, 5) is 21.8. The fourth-order valence-electron chi connectivity index (χ4n) is 3.61. The van der Waals surface area contributed by atoms with Crippen LogP contribution in [0.3, 0.4) is 0 Å². The Morgan fingerprint density at radius 3 is 2.59 bits per heavy atom. The summed E-state index contributed by atoms with van der Waals surface area (Å²) in [7, 11) is 1.61. The monoisotopic (exact) mass is 443 g/mol. The van der Waals surface area contributed by atoms with Gasteiger partial charge in [-0.25, -0.2) is 14.6 Å². The molecular formula is C24H18ClN5O2. The molecule has 0 aliphatic rings. The van der Waals surface area contributed by atoms with E-state index < -0.39 is 0 Å². The second kappa shape index (κ2) is 8.28. The summed E-state index contributed by atoms with van der Waals surface area (Å²) in [6, 6.07) is 16.8. The van der Waals surface area contributed by atoms with Crippen LogP contribution in [0.5, 0.6) is 5.75 Å². The normalized spacial score (nSPS) is 11.1. The standard InChI is InChI=1S/C24H18ClN5O2/c1-32-18-7-8-22-19(13-18)20(15-29(22)14-16-3-5-17(25)6-4-16)23(31)21-9-12-30(28-21)24-26-10-2-11-27-24/h2-13,15H,14H2,1H3. The van der Waals surface area contributed by atoms with Crippen LogP contribution in [0, 0.1) is 0 Å². The summed E-state index contributed by atoms with van der Waals surface area (Å²) < 4.78 is 8.92. The van der Waals surface area contributed by atoms with Crippen molar-refractivity contribution >= 4 is 28.3 Å². The second-order valence-corrected chi connectivity index (χ2v) is 7.64. The van der Waals surface area contributed by atoms with E-state index in [1.54, 1.807) is 37.8 Å². The van der Waals surface area contributed by atoms with Gasteiger partial charge in [-0.2, -0.15) is 5.10 Å². The number of hydrogen-bond acceptors (Lipinski definition) is 5. The van der Waals surface area contributed by atoms with Crippen LogP contribution < -0.4 is 4.74 Å². The maximum absolute atomic E-state index is 13.4. The first kappa shape index (κ1) is 20.0. The van der Waals surface area contributed by atoms with Gasteiger partial charge in [-0.05, 0) is 48.0 Å². The quantitative estimate of drug-likeness (QED) is 0.360. The van der Waals surface area contributed by atoms with E-state index in [9.17, 15) is 4.79 Å². The Labute approximate surface area is 188 Å². The molecule has 0 atom stereocenters. The van der Waals surface area contributed by atoms with Crippen LogP contribution in [0.2, 0.25) is 5.02 Å². The average Bonchev–Trinajstić information content (AvgIpc) is 3.46. The van der Waals surface area contributed by atoms with Gasteiger partial charge in [-0.1, -0.05) is 23.7 Å². The number of hydrogen-bond donors (Lipinski definition) is 0. The van der Waals surface area contributed by atoms with Crippen molar-refractivity contribution in [3.05, 3.63) is 101 Å². The van der Waals surface area contributed by atoms with Crippen molar-refractivity contribution in [3.63, 3.8) is 0 Å². The fourth-order valence-corrected chi connectivity index (χ4v) is 3.73. The highest BCUT2D eigenvalue weighted by atomic mass is 35.5. The number of methoxy groups -OCH3 is 1. The molecule has 5 aromatic rings. The molecule has 0 unspecified atom stereocenters. The fraction of sp³-hybridized carbons (Fsp3) is 0.0833. The molecule has 2 aromatic carbocycles. The van der Waals surface area contributed by atoms with E-state index in [1.807, 2.05) is 53.2 Å². The van der Waals surface area contributed by atoms with Crippen molar-refractivity contribution in [1.82, 2.24) is 24.3 Å². The van der Waals surface area contributed by atoms with E-state index in [-0.39, 0.29) is 5.78 Å². The molecule has 0 spiro atoms. The molecule has 3 aromatic heterocycles. The van der Waals surface area contributed by atoms with E-state index >= 15 is 0 Å². The summed E-state index contributed by atoms with van der Waals surface area (Å²) >= 11 is 6.02. The van der Waals surface area contributed by atoms with Gasteiger partial charge in [0, 0.05) is 52.8 Å². The molecular weight excluding hydrogens is 426 g/mol. The van der Waals surface area contributed by atoms with Crippen LogP contribution in [-0.4, -0.2) is 37.2 Å².